The molecule has 20 heavy (non-hydrogen) atoms. The van der Waals surface area contributed by atoms with Gasteiger partial charge in [0.1, 0.15) is 5.82 Å². The van der Waals surface area contributed by atoms with E-state index in [-0.39, 0.29) is 11.4 Å². The van der Waals surface area contributed by atoms with Gasteiger partial charge in [-0.25, -0.2) is 18.2 Å². The van der Waals surface area contributed by atoms with Crippen molar-refractivity contribution in [1.29, 1.82) is 0 Å². The van der Waals surface area contributed by atoms with Crippen LogP contribution in [0.2, 0.25) is 0 Å². The highest BCUT2D eigenvalue weighted by Crippen LogP contribution is 2.27. The lowest BCUT2D eigenvalue weighted by Crippen LogP contribution is -1.94. The highest BCUT2D eigenvalue weighted by Gasteiger charge is 2.17. The molecule has 1 heterocycles. The standard InChI is InChI=1S/C15H11F3N2/c1-7-5-8(2)14-11(6-7)19-15(20-14)9-3-4-10(16)13(18)12(9)17/h3-6H,1-2H3,(H,19,20). The van der Waals surface area contributed by atoms with Crippen LogP contribution < -0.4 is 0 Å². The lowest BCUT2D eigenvalue weighted by Gasteiger charge is -2.00. The quantitative estimate of drug-likeness (QED) is 0.661. The number of imidazole rings is 1. The van der Waals surface area contributed by atoms with Crippen molar-refractivity contribution in [3.05, 3.63) is 52.8 Å². The van der Waals surface area contributed by atoms with Crippen LogP contribution >= 0.6 is 0 Å². The first-order valence-electron chi connectivity index (χ1n) is 6.08. The van der Waals surface area contributed by atoms with E-state index in [0.717, 1.165) is 22.7 Å². The maximum Gasteiger partial charge on any atom is 0.195 e. The number of aromatic nitrogens is 2. The Labute approximate surface area is 113 Å². The van der Waals surface area contributed by atoms with E-state index in [2.05, 4.69) is 9.97 Å². The molecule has 0 amide bonds. The first-order valence-corrected chi connectivity index (χ1v) is 6.08. The average molecular weight is 276 g/mol. The summed E-state index contributed by atoms with van der Waals surface area (Å²) in [5.74, 6) is -3.76. The minimum Gasteiger partial charge on any atom is -0.338 e. The molecule has 3 rings (SSSR count). The van der Waals surface area contributed by atoms with Crippen molar-refractivity contribution in [3.63, 3.8) is 0 Å². The molecule has 102 valence electrons. The van der Waals surface area contributed by atoms with Crippen molar-refractivity contribution in [2.24, 2.45) is 0 Å². The lowest BCUT2D eigenvalue weighted by molar-refractivity contribution is 0.448. The summed E-state index contributed by atoms with van der Waals surface area (Å²) in [6.45, 7) is 3.83. The van der Waals surface area contributed by atoms with Gasteiger partial charge in [0, 0.05) is 0 Å². The van der Waals surface area contributed by atoms with E-state index < -0.39 is 17.5 Å². The molecule has 0 unspecified atom stereocenters. The highest BCUT2D eigenvalue weighted by molar-refractivity contribution is 5.83. The number of hydrogen-bond donors (Lipinski definition) is 1. The molecule has 0 spiro atoms. The van der Waals surface area contributed by atoms with Crippen molar-refractivity contribution in [2.75, 3.05) is 0 Å². The molecule has 2 aromatic carbocycles. The number of nitrogens with one attached hydrogen (secondary N) is 1. The minimum absolute atomic E-state index is 0.0860. The predicted octanol–water partition coefficient (Wildman–Crippen LogP) is 4.26. The molecule has 0 aliphatic carbocycles. The Bertz CT molecular complexity index is 822. The minimum atomic E-state index is -1.49. The average Bonchev–Trinajstić information content (AvgIpc) is 2.80. The topological polar surface area (TPSA) is 28.7 Å². The van der Waals surface area contributed by atoms with Gasteiger partial charge >= 0.3 is 0 Å². The van der Waals surface area contributed by atoms with Crippen LogP contribution in [0.4, 0.5) is 13.2 Å². The van der Waals surface area contributed by atoms with Crippen LogP contribution in [0.3, 0.4) is 0 Å². The molecule has 1 aromatic heterocycles. The van der Waals surface area contributed by atoms with Crippen molar-refractivity contribution in [2.45, 2.75) is 13.8 Å². The molecule has 0 atom stereocenters. The summed E-state index contributed by atoms with van der Waals surface area (Å²) in [5, 5.41) is 0. The number of fused-ring (bicyclic) bond motifs is 1. The zero-order chi connectivity index (χ0) is 14.4. The number of nitrogens with zero attached hydrogens (tertiary/aromatic N) is 1. The largest absolute Gasteiger partial charge is 0.338 e. The number of benzene rings is 2. The Morgan fingerprint density at radius 1 is 1.00 bits per heavy atom. The number of aromatic amines is 1. The van der Waals surface area contributed by atoms with E-state index in [1.807, 2.05) is 26.0 Å². The second-order valence-electron chi connectivity index (χ2n) is 4.79. The van der Waals surface area contributed by atoms with Gasteiger partial charge < -0.3 is 4.98 Å². The molecule has 3 aromatic rings. The van der Waals surface area contributed by atoms with E-state index in [0.29, 0.717) is 5.52 Å². The summed E-state index contributed by atoms with van der Waals surface area (Å²) >= 11 is 0. The van der Waals surface area contributed by atoms with E-state index in [4.69, 9.17) is 0 Å². The lowest BCUT2D eigenvalue weighted by atomic mass is 10.1. The number of aryl methyl sites for hydroxylation is 2. The van der Waals surface area contributed by atoms with Crippen molar-refractivity contribution < 1.29 is 13.2 Å². The summed E-state index contributed by atoms with van der Waals surface area (Å²) in [4.78, 5) is 7.21. The molecule has 0 bridgehead atoms. The second-order valence-corrected chi connectivity index (χ2v) is 4.79. The molecule has 0 fully saturated rings. The van der Waals surface area contributed by atoms with Gasteiger partial charge in [-0.3, -0.25) is 0 Å². The molecule has 2 nitrogen and oxygen atoms in total. The predicted molar refractivity (Wildman–Crippen MR) is 70.9 cm³/mol. The third kappa shape index (κ3) is 1.86. The fourth-order valence-corrected chi connectivity index (χ4v) is 2.31. The monoisotopic (exact) mass is 276 g/mol. The number of H-pyrrole nitrogens is 1. The van der Waals surface area contributed by atoms with E-state index in [9.17, 15) is 13.2 Å². The Hall–Kier alpha value is -2.30. The zero-order valence-electron chi connectivity index (χ0n) is 10.9. The summed E-state index contributed by atoms with van der Waals surface area (Å²) in [6, 6.07) is 5.89. The smallest absolute Gasteiger partial charge is 0.195 e. The number of rotatable bonds is 1. The first kappa shape index (κ1) is 12.7. The van der Waals surface area contributed by atoms with Gasteiger partial charge in [0.15, 0.2) is 17.5 Å². The maximum atomic E-state index is 13.8. The molecule has 0 aliphatic rings. The van der Waals surface area contributed by atoms with Crippen LogP contribution in [0.25, 0.3) is 22.4 Å². The van der Waals surface area contributed by atoms with Crippen LogP contribution in [0.1, 0.15) is 11.1 Å². The fraction of sp³-hybridized carbons (Fsp3) is 0.133. The Balaban J connectivity index is 2.26. The summed E-state index contributed by atoms with van der Waals surface area (Å²) in [7, 11) is 0. The van der Waals surface area contributed by atoms with Crippen LogP contribution in [0.15, 0.2) is 24.3 Å². The SMILES string of the molecule is Cc1cc(C)c2nc(-c3ccc(F)c(F)c3F)[nH]c2c1. The summed E-state index contributed by atoms with van der Waals surface area (Å²) in [5.41, 5.74) is 3.31. The number of hydrogen-bond acceptors (Lipinski definition) is 1. The zero-order valence-corrected chi connectivity index (χ0v) is 10.9. The van der Waals surface area contributed by atoms with Gasteiger partial charge in [-0.1, -0.05) is 6.07 Å². The fourth-order valence-electron chi connectivity index (χ4n) is 2.31. The van der Waals surface area contributed by atoms with Gasteiger partial charge in [-0.05, 0) is 43.2 Å². The Morgan fingerprint density at radius 3 is 2.50 bits per heavy atom. The van der Waals surface area contributed by atoms with Crippen molar-refractivity contribution in [1.82, 2.24) is 9.97 Å². The van der Waals surface area contributed by atoms with Gasteiger partial charge in [0.05, 0.1) is 16.6 Å². The molecule has 0 aliphatic heterocycles. The van der Waals surface area contributed by atoms with Crippen LogP contribution in [-0.2, 0) is 0 Å². The first-order chi connectivity index (χ1) is 9.47. The maximum absolute atomic E-state index is 13.8. The van der Waals surface area contributed by atoms with Gasteiger partial charge in [0.2, 0.25) is 0 Å². The number of halogens is 3. The Morgan fingerprint density at radius 2 is 1.75 bits per heavy atom. The van der Waals surface area contributed by atoms with Gasteiger partial charge in [-0.2, -0.15) is 0 Å². The second kappa shape index (κ2) is 4.37. The van der Waals surface area contributed by atoms with Gasteiger partial charge in [-0.15, -0.1) is 0 Å². The highest BCUT2D eigenvalue weighted by atomic mass is 19.2. The molecular weight excluding hydrogens is 265 g/mol. The molecule has 5 heteroatoms. The van der Waals surface area contributed by atoms with Crippen LogP contribution in [-0.4, -0.2) is 9.97 Å². The van der Waals surface area contributed by atoms with E-state index in [1.54, 1.807) is 0 Å². The molecule has 0 radical (unpaired) electrons. The normalized spacial score (nSPS) is 11.2. The van der Waals surface area contributed by atoms with Gasteiger partial charge in [0.25, 0.3) is 0 Å². The summed E-state index contributed by atoms with van der Waals surface area (Å²) < 4.78 is 40.0. The van der Waals surface area contributed by atoms with Crippen LogP contribution in [0, 0.1) is 31.3 Å². The summed E-state index contributed by atoms with van der Waals surface area (Å²) in [6.07, 6.45) is 0. The van der Waals surface area contributed by atoms with E-state index >= 15 is 0 Å². The molecule has 0 saturated heterocycles. The van der Waals surface area contributed by atoms with Crippen molar-refractivity contribution >= 4 is 11.0 Å². The van der Waals surface area contributed by atoms with E-state index in [1.165, 1.54) is 6.07 Å². The third-order valence-corrected chi connectivity index (χ3v) is 3.21. The Kier molecular flexibility index (Phi) is 2.78. The molecule has 0 saturated carbocycles. The van der Waals surface area contributed by atoms with Crippen molar-refractivity contribution in [3.8, 4) is 11.4 Å². The van der Waals surface area contributed by atoms with Crippen LogP contribution in [0.5, 0.6) is 0 Å². The molecule has 1 N–H and O–H groups in total. The molecular formula is C15H11F3N2. The third-order valence-electron chi connectivity index (χ3n) is 3.21.